The minimum absolute atomic E-state index is 0.00261. The lowest BCUT2D eigenvalue weighted by atomic mass is 10.1. The number of amides is 2. The van der Waals surface area contributed by atoms with E-state index in [-0.39, 0.29) is 16.9 Å². The van der Waals surface area contributed by atoms with Crippen molar-refractivity contribution in [3.8, 4) is 0 Å². The van der Waals surface area contributed by atoms with Crippen LogP contribution >= 0.6 is 12.2 Å². The highest BCUT2D eigenvalue weighted by Gasteiger charge is 2.20. The Bertz CT molecular complexity index is 815. The SMILES string of the molecule is O=C(NC(=S)Nc1ccccc1C(=O)N1CCCCCC1)c1ccccc1. The fraction of sp³-hybridized carbons (Fsp3) is 0.286. The summed E-state index contributed by atoms with van der Waals surface area (Å²) < 4.78 is 0. The third kappa shape index (κ3) is 5.14. The summed E-state index contributed by atoms with van der Waals surface area (Å²) in [6, 6.07) is 16.1. The zero-order chi connectivity index (χ0) is 19.1. The summed E-state index contributed by atoms with van der Waals surface area (Å²) in [5.74, 6) is -0.290. The quantitative estimate of drug-likeness (QED) is 0.794. The topological polar surface area (TPSA) is 61.4 Å². The van der Waals surface area contributed by atoms with Gasteiger partial charge >= 0.3 is 0 Å². The number of benzene rings is 2. The van der Waals surface area contributed by atoms with Crippen molar-refractivity contribution in [1.29, 1.82) is 0 Å². The van der Waals surface area contributed by atoms with Crippen LogP contribution in [0.2, 0.25) is 0 Å². The molecule has 1 saturated heterocycles. The summed E-state index contributed by atoms with van der Waals surface area (Å²) in [6.07, 6.45) is 4.40. The molecule has 0 bridgehead atoms. The van der Waals surface area contributed by atoms with Gasteiger partial charge in [-0.25, -0.2) is 0 Å². The van der Waals surface area contributed by atoms with Crippen molar-refractivity contribution in [3.63, 3.8) is 0 Å². The average Bonchev–Trinajstić information content (AvgIpc) is 2.98. The van der Waals surface area contributed by atoms with E-state index in [9.17, 15) is 9.59 Å². The van der Waals surface area contributed by atoms with Gasteiger partial charge in [0.1, 0.15) is 0 Å². The molecule has 0 aliphatic carbocycles. The van der Waals surface area contributed by atoms with Crippen LogP contribution in [-0.4, -0.2) is 34.9 Å². The van der Waals surface area contributed by atoms with E-state index in [1.807, 2.05) is 23.1 Å². The molecule has 1 heterocycles. The lowest BCUT2D eigenvalue weighted by Gasteiger charge is -2.22. The molecule has 0 atom stereocenters. The predicted octanol–water partition coefficient (Wildman–Crippen LogP) is 3.83. The van der Waals surface area contributed by atoms with Gasteiger partial charge in [0.05, 0.1) is 11.3 Å². The van der Waals surface area contributed by atoms with Crippen molar-refractivity contribution in [2.45, 2.75) is 25.7 Å². The van der Waals surface area contributed by atoms with Gasteiger partial charge in [-0.15, -0.1) is 0 Å². The average molecular weight is 382 g/mol. The number of hydrogen-bond acceptors (Lipinski definition) is 3. The maximum absolute atomic E-state index is 13.0. The van der Waals surface area contributed by atoms with Crippen LogP contribution in [0.25, 0.3) is 0 Å². The van der Waals surface area contributed by atoms with Gasteiger partial charge in [-0.05, 0) is 49.3 Å². The van der Waals surface area contributed by atoms with Crippen molar-refractivity contribution >= 4 is 34.8 Å². The van der Waals surface area contributed by atoms with E-state index in [1.165, 1.54) is 12.8 Å². The monoisotopic (exact) mass is 381 g/mol. The zero-order valence-electron chi connectivity index (χ0n) is 15.1. The first-order valence-corrected chi connectivity index (χ1v) is 9.61. The summed E-state index contributed by atoms with van der Waals surface area (Å²) in [4.78, 5) is 27.1. The molecule has 1 aliphatic rings. The number of carbonyl (C=O) groups is 2. The third-order valence-electron chi connectivity index (χ3n) is 4.56. The first-order valence-electron chi connectivity index (χ1n) is 9.21. The van der Waals surface area contributed by atoms with Gasteiger partial charge in [-0.3, -0.25) is 14.9 Å². The molecule has 0 aromatic heterocycles. The highest BCUT2D eigenvalue weighted by Crippen LogP contribution is 2.20. The number of hydrogen-bond donors (Lipinski definition) is 2. The van der Waals surface area contributed by atoms with E-state index in [4.69, 9.17) is 12.2 Å². The molecule has 27 heavy (non-hydrogen) atoms. The second kappa shape index (κ2) is 9.28. The first-order chi connectivity index (χ1) is 13.1. The highest BCUT2D eigenvalue weighted by molar-refractivity contribution is 7.80. The smallest absolute Gasteiger partial charge is 0.257 e. The fourth-order valence-corrected chi connectivity index (χ4v) is 3.34. The molecular weight excluding hydrogens is 358 g/mol. The first kappa shape index (κ1) is 19.0. The van der Waals surface area contributed by atoms with Crippen LogP contribution in [0, 0.1) is 0 Å². The zero-order valence-corrected chi connectivity index (χ0v) is 15.9. The van der Waals surface area contributed by atoms with Crippen LogP contribution in [0.15, 0.2) is 54.6 Å². The minimum atomic E-state index is -0.288. The van der Waals surface area contributed by atoms with E-state index in [1.54, 1.807) is 36.4 Å². The molecule has 2 aromatic rings. The maximum Gasteiger partial charge on any atom is 0.257 e. The molecule has 0 spiro atoms. The van der Waals surface area contributed by atoms with Crippen LogP contribution in [-0.2, 0) is 0 Å². The molecule has 2 amide bonds. The molecule has 140 valence electrons. The highest BCUT2D eigenvalue weighted by atomic mass is 32.1. The molecule has 1 aliphatic heterocycles. The van der Waals surface area contributed by atoms with Gasteiger partial charge < -0.3 is 10.2 Å². The Morgan fingerprint density at radius 1 is 0.852 bits per heavy atom. The van der Waals surface area contributed by atoms with E-state index >= 15 is 0 Å². The molecule has 2 aromatic carbocycles. The number of nitrogens with zero attached hydrogens (tertiary/aromatic N) is 1. The second-order valence-electron chi connectivity index (χ2n) is 6.53. The summed E-state index contributed by atoms with van der Waals surface area (Å²) in [7, 11) is 0. The van der Waals surface area contributed by atoms with Gasteiger partial charge in [0.15, 0.2) is 5.11 Å². The summed E-state index contributed by atoms with van der Waals surface area (Å²) in [6.45, 7) is 1.56. The Labute approximate surface area is 164 Å². The third-order valence-corrected chi connectivity index (χ3v) is 4.77. The van der Waals surface area contributed by atoms with Crippen molar-refractivity contribution in [3.05, 3.63) is 65.7 Å². The Morgan fingerprint density at radius 3 is 2.19 bits per heavy atom. The predicted molar refractivity (Wildman–Crippen MR) is 111 cm³/mol. The van der Waals surface area contributed by atoms with Gasteiger partial charge in [0.2, 0.25) is 0 Å². The van der Waals surface area contributed by atoms with Crippen molar-refractivity contribution in [1.82, 2.24) is 10.2 Å². The molecule has 0 unspecified atom stereocenters. The van der Waals surface area contributed by atoms with Crippen LogP contribution in [0.3, 0.4) is 0 Å². The number of nitrogens with one attached hydrogen (secondary N) is 2. The van der Waals surface area contributed by atoms with Crippen LogP contribution in [0.5, 0.6) is 0 Å². The minimum Gasteiger partial charge on any atom is -0.339 e. The van der Waals surface area contributed by atoms with Crippen molar-refractivity contribution in [2.24, 2.45) is 0 Å². The van der Waals surface area contributed by atoms with Crippen LogP contribution < -0.4 is 10.6 Å². The number of likely N-dealkylation sites (tertiary alicyclic amines) is 1. The number of para-hydroxylation sites is 1. The van der Waals surface area contributed by atoms with Gasteiger partial charge in [0.25, 0.3) is 11.8 Å². The van der Waals surface area contributed by atoms with Gasteiger partial charge in [0, 0.05) is 18.7 Å². The lowest BCUT2D eigenvalue weighted by Crippen LogP contribution is -2.36. The molecular formula is C21H23N3O2S. The molecule has 0 saturated carbocycles. The van der Waals surface area contributed by atoms with Crippen molar-refractivity contribution < 1.29 is 9.59 Å². The van der Waals surface area contributed by atoms with Gasteiger partial charge in [-0.1, -0.05) is 43.2 Å². The normalized spacial score (nSPS) is 14.1. The molecule has 5 nitrogen and oxygen atoms in total. The Morgan fingerprint density at radius 2 is 1.48 bits per heavy atom. The summed E-state index contributed by atoms with van der Waals surface area (Å²) >= 11 is 5.27. The molecule has 1 fully saturated rings. The van der Waals surface area contributed by atoms with Crippen LogP contribution in [0.4, 0.5) is 5.69 Å². The van der Waals surface area contributed by atoms with Gasteiger partial charge in [-0.2, -0.15) is 0 Å². The van der Waals surface area contributed by atoms with Crippen LogP contribution in [0.1, 0.15) is 46.4 Å². The van der Waals surface area contributed by atoms with Crippen molar-refractivity contribution in [2.75, 3.05) is 18.4 Å². The van der Waals surface area contributed by atoms with E-state index < -0.39 is 0 Å². The van der Waals surface area contributed by atoms with E-state index in [0.717, 1.165) is 25.9 Å². The second-order valence-corrected chi connectivity index (χ2v) is 6.93. The summed E-state index contributed by atoms with van der Waals surface area (Å²) in [5, 5.41) is 5.82. The number of thiocarbonyl (C=S) groups is 1. The fourth-order valence-electron chi connectivity index (χ4n) is 3.14. The number of anilines is 1. The summed E-state index contributed by atoms with van der Waals surface area (Å²) in [5.41, 5.74) is 1.69. The Kier molecular flexibility index (Phi) is 6.54. The standard InChI is InChI=1S/C21H23N3O2S/c25-19(16-10-4-3-5-11-16)23-21(27)22-18-13-7-6-12-17(18)20(26)24-14-8-1-2-9-15-24/h3-7,10-13H,1-2,8-9,14-15H2,(H2,22,23,25,27). The molecule has 0 radical (unpaired) electrons. The van der Waals surface area contributed by atoms with E-state index in [2.05, 4.69) is 10.6 Å². The Balaban J connectivity index is 1.69. The lowest BCUT2D eigenvalue weighted by molar-refractivity contribution is 0.0762. The molecule has 6 heteroatoms. The molecule has 2 N–H and O–H groups in total. The largest absolute Gasteiger partial charge is 0.339 e. The van der Waals surface area contributed by atoms with E-state index in [0.29, 0.717) is 16.8 Å². The number of carbonyl (C=O) groups excluding carboxylic acids is 2. The maximum atomic E-state index is 13.0. The Hall–Kier alpha value is -2.73. The molecule has 3 rings (SSSR count). The number of rotatable bonds is 3.